The Morgan fingerprint density at radius 3 is 2.65 bits per heavy atom. The van der Waals surface area contributed by atoms with Gasteiger partial charge in [-0.1, -0.05) is 17.7 Å². The summed E-state index contributed by atoms with van der Waals surface area (Å²) < 4.78 is 28.9. The van der Waals surface area contributed by atoms with Gasteiger partial charge in [0.1, 0.15) is 4.21 Å². The number of sulfonamides is 1. The highest BCUT2D eigenvalue weighted by atomic mass is 35.5. The first-order valence-corrected chi connectivity index (χ1v) is 9.79. The van der Waals surface area contributed by atoms with Crippen LogP contribution in [0.4, 0.5) is 0 Å². The van der Waals surface area contributed by atoms with Crippen molar-refractivity contribution in [1.29, 1.82) is 0 Å². The van der Waals surface area contributed by atoms with Crippen LogP contribution in [0.2, 0.25) is 4.34 Å². The SMILES string of the molecule is C=CCN1C(=O)/C(=C\N(C)C)SC1=NS(=O)(=O)c1ccc(Cl)s1. The predicted octanol–water partition coefficient (Wildman–Crippen LogP) is 2.61. The Kier molecular flexibility index (Phi) is 5.56. The zero-order chi connectivity index (χ0) is 17.2. The van der Waals surface area contributed by atoms with Gasteiger partial charge in [-0.2, -0.15) is 8.42 Å². The molecule has 2 rings (SSSR count). The summed E-state index contributed by atoms with van der Waals surface area (Å²) in [6.07, 6.45) is 3.14. The zero-order valence-electron chi connectivity index (χ0n) is 12.4. The molecule has 0 unspecified atom stereocenters. The van der Waals surface area contributed by atoms with Gasteiger partial charge in [0.15, 0.2) is 5.17 Å². The smallest absolute Gasteiger partial charge is 0.294 e. The topological polar surface area (TPSA) is 70.1 Å². The van der Waals surface area contributed by atoms with Crippen molar-refractivity contribution in [3.63, 3.8) is 0 Å². The lowest BCUT2D eigenvalue weighted by molar-refractivity contribution is -0.121. The van der Waals surface area contributed by atoms with E-state index in [-0.39, 0.29) is 21.8 Å². The monoisotopic (exact) mass is 391 g/mol. The first kappa shape index (κ1) is 18.1. The molecule has 10 heteroatoms. The molecular weight excluding hydrogens is 378 g/mol. The minimum Gasteiger partial charge on any atom is -0.382 e. The van der Waals surface area contributed by atoms with Crippen LogP contribution in [-0.2, 0) is 14.8 Å². The zero-order valence-corrected chi connectivity index (χ0v) is 15.6. The first-order chi connectivity index (χ1) is 10.7. The Hall–Kier alpha value is -1.29. The third kappa shape index (κ3) is 4.17. The highest BCUT2D eigenvalue weighted by Gasteiger charge is 2.34. The Labute approximate surface area is 148 Å². The second-order valence-corrected chi connectivity index (χ2v) is 9.23. The van der Waals surface area contributed by atoms with Gasteiger partial charge in [-0.25, -0.2) is 0 Å². The summed E-state index contributed by atoms with van der Waals surface area (Å²) >= 11 is 7.71. The van der Waals surface area contributed by atoms with E-state index >= 15 is 0 Å². The first-order valence-electron chi connectivity index (χ1n) is 6.34. The molecule has 2 heterocycles. The second-order valence-electron chi connectivity index (χ2n) is 4.67. The van der Waals surface area contributed by atoms with Gasteiger partial charge < -0.3 is 4.90 Å². The lowest BCUT2D eigenvalue weighted by Gasteiger charge is -2.12. The van der Waals surface area contributed by atoms with Crippen LogP contribution in [0.1, 0.15) is 0 Å². The summed E-state index contributed by atoms with van der Waals surface area (Å²) in [6, 6.07) is 2.88. The fourth-order valence-corrected chi connectivity index (χ4v) is 5.39. The molecule has 0 spiro atoms. The summed E-state index contributed by atoms with van der Waals surface area (Å²) in [6.45, 7) is 3.76. The number of amidine groups is 1. The molecule has 1 amide bonds. The standard InChI is InChI=1S/C13H14ClN3O3S3/c1-4-7-17-12(18)9(8-16(2)3)21-13(17)15-23(19,20)11-6-5-10(14)22-11/h4-6,8H,1,7H2,2-3H3/b9-8+,15-13?. The van der Waals surface area contributed by atoms with Crippen molar-refractivity contribution < 1.29 is 13.2 Å². The second kappa shape index (κ2) is 7.08. The Bertz CT molecular complexity index is 796. The molecule has 124 valence electrons. The molecular formula is C13H14ClN3O3S3. The summed E-state index contributed by atoms with van der Waals surface area (Å²) in [4.78, 5) is 15.7. The maximum Gasteiger partial charge on any atom is 0.294 e. The highest BCUT2D eigenvalue weighted by molar-refractivity contribution is 8.19. The van der Waals surface area contributed by atoms with E-state index in [4.69, 9.17) is 11.6 Å². The number of amides is 1. The molecule has 23 heavy (non-hydrogen) atoms. The maximum absolute atomic E-state index is 12.3. The normalized spacial score (nSPS) is 18.9. The quantitative estimate of drug-likeness (QED) is 0.570. The molecule has 0 bridgehead atoms. The van der Waals surface area contributed by atoms with E-state index in [9.17, 15) is 13.2 Å². The molecule has 6 nitrogen and oxygen atoms in total. The van der Waals surface area contributed by atoms with E-state index in [1.54, 1.807) is 25.2 Å². The molecule has 0 radical (unpaired) electrons. The summed E-state index contributed by atoms with van der Waals surface area (Å²) in [5.41, 5.74) is 0. The fourth-order valence-electron chi connectivity index (χ4n) is 1.68. The van der Waals surface area contributed by atoms with Crippen molar-refractivity contribution >= 4 is 55.8 Å². The largest absolute Gasteiger partial charge is 0.382 e. The van der Waals surface area contributed by atoms with Crippen LogP contribution >= 0.6 is 34.7 Å². The number of rotatable bonds is 5. The Morgan fingerprint density at radius 2 is 2.13 bits per heavy atom. The average molecular weight is 392 g/mol. The number of thiophene rings is 1. The van der Waals surface area contributed by atoms with Crippen LogP contribution in [0.3, 0.4) is 0 Å². The number of hydrogen-bond acceptors (Lipinski definition) is 6. The summed E-state index contributed by atoms with van der Waals surface area (Å²) in [7, 11) is -0.365. The van der Waals surface area contributed by atoms with E-state index in [2.05, 4.69) is 11.0 Å². The molecule has 1 aliphatic heterocycles. The molecule has 0 aliphatic carbocycles. The summed E-state index contributed by atoms with van der Waals surface area (Å²) in [5, 5.41) is 0.104. The van der Waals surface area contributed by atoms with E-state index in [0.29, 0.717) is 9.24 Å². The van der Waals surface area contributed by atoms with Gasteiger partial charge in [0.25, 0.3) is 15.9 Å². The van der Waals surface area contributed by atoms with Crippen molar-refractivity contribution in [2.24, 2.45) is 4.40 Å². The van der Waals surface area contributed by atoms with Crippen molar-refractivity contribution in [2.75, 3.05) is 20.6 Å². The third-order valence-corrected chi connectivity index (χ3v) is 6.65. The van der Waals surface area contributed by atoms with Gasteiger partial charge in [0.2, 0.25) is 0 Å². The molecule has 0 saturated carbocycles. The van der Waals surface area contributed by atoms with Crippen LogP contribution in [0, 0.1) is 0 Å². The molecule has 1 aliphatic rings. The number of halogens is 1. The number of carbonyl (C=O) groups excluding carboxylic acids is 1. The van der Waals surface area contributed by atoms with Gasteiger partial charge in [-0.3, -0.25) is 9.69 Å². The fraction of sp³-hybridized carbons (Fsp3) is 0.231. The predicted molar refractivity (Wildman–Crippen MR) is 95.2 cm³/mol. The number of hydrogen-bond donors (Lipinski definition) is 0. The maximum atomic E-state index is 12.3. The van der Waals surface area contributed by atoms with E-state index in [0.717, 1.165) is 23.1 Å². The average Bonchev–Trinajstić information content (AvgIpc) is 2.98. The van der Waals surface area contributed by atoms with Gasteiger partial charge in [-0.15, -0.1) is 22.3 Å². The van der Waals surface area contributed by atoms with Crippen molar-refractivity contribution in [3.05, 3.63) is 40.2 Å². The molecule has 0 aromatic carbocycles. The van der Waals surface area contributed by atoms with Crippen LogP contribution in [0.15, 0.2) is 44.5 Å². The van der Waals surface area contributed by atoms with Crippen molar-refractivity contribution in [2.45, 2.75) is 4.21 Å². The molecule has 1 aromatic heterocycles. The van der Waals surface area contributed by atoms with Crippen LogP contribution in [0.5, 0.6) is 0 Å². The molecule has 0 N–H and O–H groups in total. The van der Waals surface area contributed by atoms with Crippen LogP contribution in [-0.4, -0.2) is 49.9 Å². The number of thioether (sulfide) groups is 1. The lowest BCUT2D eigenvalue weighted by Crippen LogP contribution is -2.30. The van der Waals surface area contributed by atoms with Crippen LogP contribution < -0.4 is 0 Å². The van der Waals surface area contributed by atoms with Gasteiger partial charge >= 0.3 is 0 Å². The molecule has 1 fully saturated rings. The summed E-state index contributed by atoms with van der Waals surface area (Å²) in [5.74, 6) is -0.304. The van der Waals surface area contributed by atoms with E-state index < -0.39 is 10.0 Å². The Morgan fingerprint density at radius 1 is 1.43 bits per heavy atom. The minimum atomic E-state index is -3.92. The minimum absolute atomic E-state index is 0.0339. The van der Waals surface area contributed by atoms with Crippen molar-refractivity contribution in [3.8, 4) is 0 Å². The molecule has 1 saturated heterocycles. The van der Waals surface area contributed by atoms with E-state index in [1.807, 2.05) is 0 Å². The highest BCUT2D eigenvalue weighted by Crippen LogP contribution is 2.33. The Balaban J connectivity index is 2.43. The molecule has 1 aromatic rings. The van der Waals surface area contributed by atoms with Crippen LogP contribution in [0.25, 0.3) is 0 Å². The third-order valence-electron chi connectivity index (χ3n) is 2.58. The molecule has 0 atom stereocenters. The van der Waals surface area contributed by atoms with E-state index in [1.165, 1.54) is 23.1 Å². The van der Waals surface area contributed by atoms with Crippen molar-refractivity contribution in [1.82, 2.24) is 9.80 Å². The van der Waals surface area contributed by atoms with Gasteiger partial charge in [0, 0.05) is 26.8 Å². The number of nitrogens with zero attached hydrogens (tertiary/aromatic N) is 3. The van der Waals surface area contributed by atoms with Gasteiger partial charge in [-0.05, 0) is 23.9 Å². The lowest BCUT2D eigenvalue weighted by atomic mass is 10.4. The van der Waals surface area contributed by atoms with Gasteiger partial charge in [0.05, 0.1) is 9.24 Å². The number of carbonyl (C=O) groups is 1.